The molecule has 0 radical (unpaired) electrons. The molecule has 3 rings (SSSR count). The van der Waals surface area contributed by atoms with E-state index >= 15 is 0 Å². The predicted octanol–water partition coefficient (Wildman–Crippen LogP) is 5.14. The fraction of sp³-hybridized carbons (Fsp3) is 0.133. The highest BCUT2D eigenvalue weighted by molar-refractivity contribution is 8.03. The lowest BCUT2D eigenvalue weighted by Crippen LogP contribution is -1.83. The van der Waals surface area contributed by atoms with Crippen LogP contribution < -0.4 is 0 Å². The average Bonchev–Trinajstić information content (AvgIpc) is 2.95. The summed E-state index contributed by atoms with van der Waals surface area (Å²) in [7, 11) is 0. The lowest BCUT2D eigenvalue weighted by molar-refractivity contribution is 1.03. The van der Waals surface area contributed by atoms with Crippen LogP contribution >= 0.6 is 23.1 Å². The van der Waals surface area contributed by atoms with E-state index in [4.69, 9.17) is 0 Å². The molecule has 2 aromatic rings. The average molecular weight is 271 g/mol. The maximum absolute atomic E-state index is 4.52. The van der Waals surface area contributed by atoms with Crippen LogP contribution in [0.15, 0.2) is 63.9 Å². The fourth-order valence-corrected chi connectivity index (χ4v) is 3.39. The first-order chi connectivity index (χ1) is 8.92. The Balaban J connectivity index is 1.75. The van der Waals surface area contributed by atoms with Crippen molar-refractivity contribution in [3.8, 4) is 10.6 Å². The van der Waals surface area contributed by atoms with E-state index in [1.54, 1.807) is 23.1 Å². The van der Waals surface area contributed by atoms with Crippen molar-refractivity contribution < 1.29 is 0 Å². The van der Waals surface area contributed by atoms with Crippen molar-refractivity contribution in [3.05, 3.63) is 59.0 Å². The number of pyridine rings is 1. The van der Waals surface area contributed by atoms with E-state index in [1.807, 2.05) is 6.20 Å². The Kier molecular flexibility index (Phi) is 3.62. The van der Waals surface area contributed by atoms with Gasteiger partial charge in [0, 0.05) is 16.0 Å². The van der Waals surface area contributed by atoms with E-state index in [9.17, 15) is 0 Å². The molecule has 0 aliphatic heterocycles. The molecule has 0 unspecified atom stereocenters. The molecule has 0 aromatic carbocycles. The summed E-state index contributed by atoms with van der Waals surface area (Å²) < 4.78 is 0. The molecule has 18 heavy (non-hydrogen) atoms. The molecular weight excluding hydrogens is 258 g/mol. The van der Waals surface area contributed by atoms with Gasteiger partial charge in [-0.2, -0.15) is 0 Å². The topological polar surface area (TPSA) is 12.9 Å². The summed E-state index contributed by atoms with van der Waals surface area (Å²) in [5.41, 5.74) is 1.06. The maximum Gasteiger partial charge on any atom is 0.0802 e. The van der Waals surface area contributed by atoms with Gasteiger partial charge in [-0.1, -0.05) is 36.1 Å². The second-order valence-electron chi connectivity index (χ2n) is 4.04. The van der Waals surface area contributed by atoms with Gasteiger partial charge in [0.15, 0.2) is 0 Å². The third-order valence-corrected chi connectivity index (χ3v) is 4.61. The van der Waals surface area contributed by atoms with Gasteiger partial charge in [0.1, 0.15) is 0 Å². The number of rotatable bonds is 3. The molecule has 0 saturated heterocycles. The Morgan fingerprint density at radius 2 is 2.17 bits per heavy atom. The van der Waals surface area contributed by atoms with Gasteiger partial charge in [0.2, 0.25) is 0 Å². The second kappa shape index (κ2) is 5.55. The summed E-state index contributed by atoms with van der Waals surface area (Å²) in [5, 5.41) is 2.08. The number of hydrogen-bond donors (Lipinski definition) is 0. The minimum atomic E-state index is 1.06. The van der Waals surface area contributed by atoms with Crippen molar-refractivity contribution in [2.45, 2.75) is 17.7 Å². The third kappa shape index (κ3) is 2.74. The predicted molar refractivity (Wildman–Crippen MR) is 79.9 cm³/mol. The van der Waals surface area contributed by atoms with Gasteiger partial charge >= 0.3 is 0 Å². The molecule has 0 N–H and O–H groups in total. The Morgan fingerprint density at radius 3 is 2.83 bits per heavy atom. The number of hydrogen-bond acceptors (Lipinski definition) is 3. The molecule has 1 aliphatic carbocycles. The van der Waals surface area contributed by atoms with E-state index in [1.165, 1.54) is 21.1 Å². The van der Waals surface area contributed by atoms with Crippen LogP contribution in [-0.4, -0.2) is 4.98 Å². The van der Waals surface area contributed by atoms with E-state index in [-0.39, 0.29) is 0 Å². The molecular formula is C15H13NS2. The molecule has 0 atom stereocenters. The largest absolute Gasteiger partial charge is 0.254 e. The summed E-state index contributed by atoms with van der Waals surface area (Å²) in [5.74, 6) is 0. The standard InChI is InChI=1S/C15H13NS2/c1-2-5-12(6-3-1)18-13-8-9-14(16-11-13)15-7-4-10-17-15/h2,4-11H,1,3H2. The number of aromatic nitrogens is 1. The monoisotopic (exact) mass is 271 g/mol. The molecule has 0 saturated carbocycles. The minimum Gasteiger partial charge on any atom is -0.254 e. The highest BCUT2D eigenvalue weighted by Crippen LogP contribution is 2.31. The summed E-state index contributed by atoms with van der Waals surface area (Å²) in [6.45, 7) is 0. The van der Waals surface area contributed by atoms with Crippen LogP contribution in [-0.2, 0) is 0 Å². The van der Waals surface area contributed by atoms with Crippen LogP contribution in [0.5, 0.6) is 0 Å². The molecule has 0 spiro atoms. The smallest absolute Gasteiger partial charge is 0.0802 e. The molecule has 0 fully saturated rings. The number of nitrogens with zero attached hydrogens (tertiary/aromatic N) is 1. The quantitative estimate of drug-likeness (QED) is 0.767. The molecule has 1 aliphatic rings. The lowest BCUT2D eigenvalue weighted by Gasteiger charge is -2.06. The van der Waals surface area contributed by atoms with Crippen molar-refractivity contribution in [3.63, 3.8) is 0 Å². The van der Waals surface area contributed by atoms with Crippen LogP contribution in [0.4, 0.5) is 0 Å². The van der Waals surface area contributed by atoms with Gasteiger partial charge in [-0.15, -0.1) is 11.3 Å². The van der Waals surface area contributed by atoms with Gasteiger partial charge in [0.25, 0.3) is 0 Å². The minimum absolute atomic E-state index is 1.06. The Labute approximate surface area is 115 Å². The zero-order chi connectivity index (χ0) is 12.2. The summed E-state index contributed by atoms with van der Waals surface area (Å²) in [6, 6.07) is 8.41. The molecule has 0 bridgehead atoms. The summed E-state index contributed by atoms with van der Waals surface area (Å²) >= 11 is 3.51. The van der Waals surface area contributed by atoms with Crippen molar-refractivity contribution in [2.75, 3.05) is 0 Å². The normalized spacial score (nSPS) is 14.6. The Hall–Kier alpha value is -1.32. The molecule has 2 aromatic heterocycles. The first-order valence-corrected chi connectivity index (χ1v) is 7.66. The van der Waals surface area contributed by atoms with E-state index < -0.39 is 0 Å². The van der Waals surface area contributed by atoms with Crippen molar-refractivity contribution >= 4 is 23.1 Å². The maximum atomic E-state index is 4.52. The highest BCUT2D eigenvalue weighted by atomic mass is 32.2. The lowest BCUT2D eigenvalue weighted by atomic mass is 10.2. The van der Waals surface area contributed by atoms with Gasteiger partial charge in [-0.05, 0) is 36.4 Å². The van der Waals surface area contributed by atoms with Crippen LogP contribution in [0, 0.1) is 0 Å². The van der Waals surface area contributed by atoms with Crippen LogP contribution in [0.25, 0.3) is 10.6 Å². The van der Waals surface area contributed by atoms with Gasteiger partial charge in [0.05, 0.1) is 10.6 Å². The Morgan fingerprint density at radius 1 is 1.17 bits per heavy atom. The zero-order valence-corrected chi connectivity index (χ0v) is 11.5. The molecule has 0 amide bonds. The van der Waals surface area contributed by atoms with Gasteiger partial charge < -0.3 is 0 Å². The Bertz CT molecular complexity index is 565. The molecule has 90 valence electrons. The highest BCUT2D eigenvalue weighted by Gasteiger charge is 2.03. The van der Waals surface area contributed by atoms with Crippen molar-refractivity contribution in [2.24, 2.45) is 0 Å². The van der Waals surface area contributed by atoms with Crippen LogP contribution in [0.2, 0.25) is 0 Å². The fourth-order valence-electron chi connectivity index (χ4n) is 1.81. The van der Waals surface area contributed by atoms with Crippen molar-refractivity contribution in [1.82, 2.24) is 4.98 Å². The van der Waals surface area contributed by atoms with Crippen LogP contribution in [0.3, 0.4) is 0 Å². The summed E-state index contributed by atoms with van der Waals surface area (Å²) in [4.78, 5) is 8.28. The SMILES string of the molecule is C1=CC(Sc2ccc(-c3cccs3)nc2)=CCC1. The van der Waals surface area contributed by atoms with E-state index in [2.05, 4.69) is 52.9 Å². The van der Waals surface area contributed by atoms with Gasteiger partial charge in [-0.3, -0.25) is 4.98 Å². The van der Waals surface area contributed by atoms with E-state index in [0.717, 1.165) is 12.1 Å². The first kappa shape index (κ1) is 11.8. The number of thioether (sulfide) groups is 1. The molecule has 1 nitrogen and oxygen atoms in total. The third-order valence-electron chi connectivity index (χ3n) is 2.71. The zero-order valence-electron chi connectivity index (χ0n) is 9.87. The van der Waals surface area contributed by atoms with Crippen LogP contribution in [0.1, 0.15) is 12.8 Å². The second-order valence-corrected chi connectivity index (χ2v) is 6.14. The van der Waals surface area contributed by atoms with E-state index in [0.29, 0.717) is 0 Å². The molecule has 3 heteroatoms. The number of allylic oxidation sites excluding steroid dienone is 3. The van der Waals surface area contributed by atoms with Gasteiger partial charge in [-0.25, -0.2) is 0 Å². The van der Waals surface area contributed by atoms with Crippen molar-refractivity contribution in [1.29, 1.82) is 0 Å². The summed E-state index contributed by atoms with van der Waals surface area (Å²) in [6.07, 6.45) is 11.0. The molecule has 2 heterocycles. The number of thiophene rings is 1. The first-order valence-electron chi connectivity index (χ1n) is 5.96.